The van der Waals surface area contributed by atoms with E-state index >= 15 is 0 Å². The van der Waals surface area contributed by atoms with Gasteiger partial charge in [0.15, 0.2) is 0 Å². The molecule has 0 bridgehead atoms. The lowest BCUT2D eigenvalue weighted by Gasteiger charge is -2.18. The monoisotopic (exact) mass is 396 g/mol. The molecule has 2 rings (SSSR count). The van der Waals surface area contributed by atoms with Crippen LogP contribution in [0.5, 0.6) is 0 Å². The standard InChI is InChI=1S/C17H20N2O5S2/c20-15(12-18-26(23,24)17-7-4-10-25-17)19-14(8-9-16(21)22)11-13-5-2-1-3-6-13/h1-7,10,14,18H,8-9,11-12H2,(H,19,20)(H,21,22). The zero-order chi connectivity index (χ0) is 19.0. The Balaban J connectivity index is 1.93. The minimum absolute atomic E-state index is 0.0846. The number of hydrogen-bond acceptors (Lipinski definition) is 5. The number of nitrogens with one attached hydrogen (secondary N) is 2. The summed E-state index contributed by atoms with van der Waals surface area (Å²) in [6.07, 6.45) is 0.643. The lowest BCUT2D eigenvalue weighted by atomic mass is 10.0. The molecule has 2 aromatic rings. The van der Waals surface area contributed by atoms with Crippen molar-refractivity contribution in [2.75, 3.05) is 6.54 Å². The first-order chi connectivity index (χ1) is 12.4. The van der Waals surface area contributed by atoms with E-state index in [4.69, 9.17) is 5.11 Å². The van der Waals surface area contributed by atoms with E-state index in [1.54, 1.807) is 11.4 Å². The number of carboxylic acids is 1. The summed E-state index contributed by atoms with van der Waals surface area (Å²) in [6.45, 7) is -0.404. The van der Waals surface area contributed by atoms with E-state index < -0.39 is 34.5 Å². The van der Waals surface area contributed by atoms with Crippen LogP contribution < -0.4 is 10.0 Å². The molecule has 3 N–H and O–H groups in total. The summed E-state index contributed by atoms with van der Waals surface area (Å²) in [7, 11) is -3.72. The fourth-order valence-electron chi connectivity index (χ4n) is 2.35. The van der Waals surface area contributed by atoms with Gasteiger partial charge in [-0.2, -0.15) is 0 Å². The van der Waals surface area contributed by atoms with Gasteiger partial charge in [-0.05, 0) is 29.9 Å². The second kappa shape index (κ2) is 9.46. The fourth-order valence-corrected chi connectivity index (χ4v) is 4.37. The molecule has 0 aliphatic rings. The molecule has 0 saturated heterocycles. The summed E-state index contributed by atoms with van der Waals surface area (Å²) in [5.74, 6) is -1.45. The molecule has 1 aromatic heterocycles. The van der Waals surface area contributed by atoms with Crippen LogP contribution in [0.15, 0.2) is 52.1 Å². The average Bonchev–Trinajstić information content (AvgIpc) is 3.14. The maximum atomic E-state index is 12.1. The van der Waals surface area contributed by atoms with Gasteiger partial charge >= 0.3 is 5.97 Å². The van der Waals surface area contributed by atoms with Crippen molar-refractivity contribution in [1.82, 2.24) is 10.0 Å². The summed E-state index contributed by atoms with van der Waals surface area (Å²) in [6, 6.07) is 12.0. The first-order valence-corrected chi connectivity index (χ1v) is 10.3. The van der Waals surface area contributed by atoms with Gasteiger partial charge < -0.3 is 10.4 Å². The Labute approximate surface area is 156 Å². The highest BCUT2D eigenvalue weighted by molar-refractivity contribution is 7.91. The van der Waals surface area contributed by atoms with Gasteiger partial charge in [-0.3, -0.25) is 9.59 Å². The van der Waals surface area contributed by atoms with E-state index in [1.807, 2.05) is 30.3 Å². The van der Waals surface area contributed by atoms with Crippen molar-refractivity contribution in [3.8, 4) is 0 Å². The van der Waals surface area contributed by atoms with E-state index in [0.29, 0.717) is 6.42 Å². The first kappa shape index (κ1) is 20.1. The SMILES string of the molecule is O=C(O)CCC(Cc1ccccc1)NC(=O)CNS(=O)(=O)c1cccs1. The van der Waals surface area contributed by atoms with Crippen molar-refractivity contribution in [3.05, 3.63) is 53.4 Å². The Bertz CT molecular complexity index is 820. The van der Waals surface area contributed by atoms with Gasteiger partial charge in [0, 0.05) is 12.5 Å². The Kier molecular flexibility index (Phi) is 7.31. The van der Waals surface area contributed by atoms with Crippen LogP contribution in [-0.4, -0.2) is 38.0 Å². The number of hydrogen-bond donors (Lipinski definition) is 3. The molecule has 0 fully saturated rings. The second-order valence-electron chi connectivity index (χ2n) is 5.64. The molecule has 1 amide bonds. The van der Waals surface area contributed by atoms with E-state index in [0.717, 1.165) is 16.9 Å². The number of carbonyl (C=O) groups excluding carboxylic acids is 1. The van der Waals surface area contributed by atoms with Crippen molar-refractivity contribution in [2.24, 2.45) is 0 Å². The molecule has 9 heteroatoms. The maximum absolute atomic E-state index is 12.1. The molecule has 26 heavy (non-hydrogen) atoms. The molecule has 1 atom stereocenters. The predicted octanol–water partition coefficient (Wildman–Crippen LogP) is 1.62. The number of aliphatic carboxylic acids is 1. The summed E-state index contributed by atoms with van der Waals surface area (Å²) in [5.41, 5.74) is 0.961. The molecule has 0 aliphatic heterocycles. The van der Waals surface area contributed by atoms with Gasteiger partial charge in [-0.15, -0.1) is 11.3 Å². The Morgan fingerprint density at radius 3 is 2.46 bits per heavy atom. The van der Waals surface area contributed by atoms with Gasteiger partial charge in [0.05, 0.1) is 6.54 Å². The van der Waals surface area contributed by atoms with E-state index in [1.165, 1.54) is 6.07 Å². The smallest absolute Gasteiger partial charge is 0.303 e. The number of carbonyl (C=O) groups is 2. The number of carboxylic acid groups (broad SMARTS) is 1. The molecule has 1 unspecified atom stereocenters. The maximum Gasteiger partial charge on any atom is 0.303 e. The van der Waals surface area contributed by atoms with Gasteiger partial charge in [-0.1, -0.05) is 36.4 Å². The molecule has 0 radical (unpaired) electrons. The highest BCUT2D eigenvalue weighted by Gasteiger charge is 2.19. The summed E-state index contributed by atoms with van der Waals surface area (Å²) in [5, 5.41) is 13.2. The third-order valence-electron chi connectivity index (χ3n) is 3.58. The quantitative estimate of drug-likeness (QED) is 0.565. The number of thiophene rings is 1. The van der Waals surface area contributed by atoms with Crippen LogP contribution in [0.25, 0.3) is 0 Å². The molecule has 7 nitrogen and oxygen atoms in total. The third kappa shape index (κ3) is 6.58. The third-order valence-corrected chi connectivity index (χ3v) is 6.38. The van der Waals surface area contributed by atoms with Crippen LogP contribution in [0.1, 0.15) is 18.4 Å². The van der Waals surface area contributed by atoms with Gasteiger partial charge in [0.25, 0.3) is 10.0 Å². The van der Waals surface area contributed by atoms with Gasteiger partial charge in [-0.25, -0.2) is 13.1 Å². The molecular weight excluding hydrogens is 376 g/mol. The van der Waals surface area contributed by atoms with Gasteiger partial charge in [0.2, 0.25) is 5.91 Å². The minimum Gasteiger partial charge on any atom is -0.481 e. The molecule has 1 heterocycles. The topological polar surface area (TPSA) is 113 Å². The van der Waals surface area contributed by atoms with Crippen LogP contribution in [0.4, 0.5) is 0 Å². The number of amides is 1. The van der Waals surface area contributed by atoms with E-state index in [2.05, 4.69) is 10.0 Å². The highest BCUT2D eigenvalue weighted by Crippen LogP contribution is 2.15. The second-order valence-corrected chi connectivity index (χ2v) is 8.58. The highest BCUT2D eigenvalue weighted by atomic mass is 32.2. The van der Waals surface area contributed by atoms with Crippen LogP contribution >= 0.6 is 11.3 Å². The van der Waals surface area contributed by atoms with Crippen molar-refractivity contribution in [2.45, 2.75) is 29.5 Å². The predicted molar refractivity (Wildman–Crippen MR) is 98.5 cm³/mol. The van der Waals surface area contributed by atoms with Crippen LogP contribution in [0, 0.1) is 0 Å². The zero-order valence-corrected chi connectivity index (χ0v) is 15.6. The van der Waals surface area contributed by atoms with Gasteiger partial charge in [0.1, 0.15) is 4.21 Å². The zero-order valence-electron chi connectivity index (χ0n) is 13.9. The Morgan fingerprint density at radius 2 is 1.85 bits per heavy atom. The Morgan fingerprint density at radius 1 is 1.12 bits per heavy atom. The number of benzene rings is 1. The minimum atomic E-state index is -3.72. The fraction of sp³-hybridized carbons (Fsp3) is 0.294. The largest absolute Gasteiger partial charge is 0.481 e. The number of rotatable bonds is 10. The van der Waals surface area contributed by atoms with Crippen molar-refractivity contribution >= 4 is 33.2 Å². The molecule has 0 saturated carbocycles. The number of sulfonamides is 1. The Hall–Kier alpha value is -2.23. The van der Waals surface area contributed by atoms with Crippen LogP contribution in [-0.2, 0) is 26.0 Å². The lowest BCUT2D eigenvalue weighted by molar-refractivity contribution is -0.137. The summed E-state index contributed by atoms with van der Waals surface area (Å²) in [4.78, 5) is 22.9. The van der Waals surface area contributed by atoms with Crippen molar-refractivity contribution < 1.29 is 23.1 Å². The molecule has 0 aliphatic carbocycles. The van der Waals surface area contributed by atoms with Crippen LogP contribution in [0.2, 0.25) is 0 Å². The van der Waals surface area contributed by atoms with E-state index in [9.17, 15) is 18.0 Å². The van der Waals surface area contributed by atoms with E-state index in [-0.39, 0.29) is 17.1 Å². The lowest BCUT2D eigenvalue weighted by Crippen LogP contribution is -2.43. The van der Waals surface area contributed by atoms with Crippen LogP contribution in [0.3, 0.4) is 0 Å². The normalized spacial score (nSPS) is 12.5. The molecule has 0 spiro atoms. The molecular formula is C17H20N2O5S2. The first-order valence-electron chi connectivity index (χ1n) is 7.95. The summed E-state index contributed by atoms with van der Waals surface area (Å²) < 4.78 is 26.4. The van der Waals surface area contributed by atoms with Crippen molar-refractivity contribution in [1.29, 1.82) is 0 Å². The average molecular weight is 396 g/mol. The molecule has 1 aromatic carbocycles. The summed E-state index contributed by atoms with van der Waals surface area (Å²) >= 11 is 1.06. The molecule has 140 valence electrons. The van der Waals surface area contributed by atoms with Crippen molar-refractivity contribution in [3.63, 3.8) is 0 Å².